The standard InChI is InChI=1S/C20H37BrO2.OS/c1-20(17-23-18-20)15-11-9-7-5-3-2-4-6-8-10-13-19(22)14-12-16-21;1-2/h2-18H2,1H3;. The molecule has 25 heavy (non-hydrogen) atoms. The van der Waals surface area contributed by atoms with E-state index in [0.717, 1.165) is 44.2 Å². The first-order valence-corrected chi connectivity index (χ1v) is 11.4. The predicted octanol–water partition coefficient (Wildman–Crippen LogP) is 6.11. The average Bonchev–Trinajstić information content (AvgIpc) is 2.61. The van der Waals surface area contributed by atoms with Gasteiger partial charge in [0.15, 0.2) is 12.5 Å². The first-order chi connectivity index (χ1) is 12.2. The second kappa shape index (κ2) is 17.5. The molecular formula is C20H37BrO3S. The molecule has 1 aliphatic rings. The molecule has 0 bridgehead atoms. The lowest BCUT2D eigenvalue weighted by Gasteiger charge is -2.38. The Kier molecular flexibility index (Phi) is 17.6. The van der Waals surface area contributed by atoms with E-state index in [1.54, 1.807) is 0 Å². The number of alkyl halides is 1. The van der Waals surface area contributed by atoms with Gasteiger partial charge in [0.05, 0.1) is 13.2 Å². The van der Waals surface area contributed by atoms with Crippen LogP contribution in [-0.4, -0.2) is 28.5 Å². The van der Waals surface area contributed by atoms with E-state index >= 15 is 0 Å². The van der Waals surface area contributed by atoms with Crippen LogP contribution in [-0.2, 0) is 22.1 Å². The molecule has 0 saturated carbocycles. The molecular weight excluding hydrogens is 400 g/mol. The van der Waals surface area contributed by atoms with Gasteiger partial charge in [0, 0.05) is 23.6 Å². The fourth-order valence-electron chi connectivity index (χ4n) is 3.27. The minimum absolute atomic E-state index is 0.451. The van der Waals surface area contributed by atoms with Crippen molar-refractivity contribution in [1.29, 1.82) is 0 Å². The highest BCUT2D eigenvalue weighted by atomic mass is 79.9. The second-order valence-corrected chi connectivity index (χ2v) is 8.46. The van der Waals surface area contributed by atoms with Gasteiger partial charge in [0.2, 0.25) is 0 Å². The van der Waals surface area contributed by atoms with Crippen molar-refractivity contribution >= 4 is 34.2 Å². The Balaban J connectivity index is 0.00000277. The SMILES string of the molecule is CC1(CCCCCCCCCCCCC(=O)CCCBr)COC1.O=S. The molecule has 0 atom stereocenters. The van der Waals surface area contributed by atoms with Crippen LogP contribution < -0.4 is 0 Å². The molecule has 0 N–H and O–H groups in total. The van der Waals surface area contributed by atoms with Crippen molar-refractivity contribution in [3.63, 3.8) is 0 Å². The molecule has 0 amide bonds. The zero-order valence-corrected chi connectivity index (χ0v) is 18.4. The molecule has 1 fully saturated rings. The molecule has 0 aromatic carbocycles. The number of carbonyl (C=O) groups excluding carboxylic acids is 1. The van der Waals surface area contributed by atoms with Gasteiger partial charge in [-0.05, 0) is 19.3 Å². The summed E-state index contributed by atoms with van der Waals surface area (Å²) in [6.07, 6.45) is 17.3. The molecule has 1 heterocycles. The van der Waals surface area contributed by atoms with Crippen LogP contribution in [0.3, 0.4) is 0 Å². The summed E-state index contributed by atoms with van der Waals surface area (Å²) in [5, 5.41) is 0.951. The summed E-state index contributed by atoms with van der Waals surface area (Å²) in [5.41, 5.74) is 0.510. The normalized spacial score (nSPS) is 15.1. The summed E-state index contributed by atoms with van der Waals surface area (Å²) in [4.78, 5) is 11.5. The number of hydrogen-bond acceptors (Lipinski definition) is 4. The summed E-state index contributed by atoms with van der Waals surface area (Å²) in [7, 11) is 0. The maximum atomic E-state index is 11.5. The van der Waals surface area contributed by atoms with Gasteiger partial charge in [-0.2, -0.15) is 4.21 Å². The van der Waals surface area contributed by atoms with Crippen molar-refractivity contribution < 1.29 is 13.7 Å². The number of Topliss-reactive ketones (excluding diaryl/α,β-unsaturated/α-hetero) is 1. The van der Waals surface area contributed by atoms with Gasteiger partial charge in [-0.1, -0.05) is 80.6 Å². The van der Waals surface area contributed by atoms with Gasteiger partial charge in [0.1, 0.15) is 5.78 Å². The highest BCUT2D eigenvalue weighted by molar-refractivity contribution is 9.09. The maximum Gasteiger partial charge on any atom is 0.197 e. The molecule has 0 radical (unpaired) electrons. The molecule has 3 nitrogen and oxygen atoms in total. The first kappa shape index (κ1) is 25.1. The van der Waals surface area contributed by atoms with Gasteiger partial charge in [-0.3, -0.25) is 4.79 Å². The highest BCUT2D eigenvalue weighted by Gasteiger charge is 2.32. The molecule has 5 heteroatoms. The third-order valence-corrected chi connectivity index (χ3v) is 5.54. The zero-order chi connectivity index (χ0) is 18.8. The molecule has 148 valence electrons. The first-order valence-electron chi connectivity index (χ1n) is 9.98. The van der Waals surface area contributed by atoms with Crippen molar-refractivity contribution in [2.24, 2.45) is 5.41 Å². The van der Waals surface area contributed by atoms with E-state index < -0.39 is 0 Å². The lowest BCUT2D eigenvalue weighted by atomic mass is 9.83. The average molecular weight is 437 g/mol. The Hall–Kier alpha value is 0.130. The van der Waals surface area contributed by atoms with E-state index in [0.29, 0.717) is 11.2 Å². The van der Waals surface area contributed by atoms with Crippen molar-refractivity contribution in [2.75, 3.05) is 18.5 Å². The van der Waals surface area contributed by atoms with Crippen LogP contribution in [0.2, 0.25) is 0 Å². The van der Waals surface area contributed by atoms with Crippen molar-refractivity contribution in [3.8, 4) is 0 Å². The Morgan fingerprint density at radius 2 is 1.28 bits per heavy atom. The van der Waals surface area contributed by atoms with Gasteiger partial charge in [-0.15, -0.1) is 0 Å². The van der Waals surface area contributed by atoms with E-state index in [1.807, 2.05) is 0 Å². The largest absolute Gasteiger partial charge is 0.380 e. The van der Waals surface area contributed by atoms with Crippen LogP contribution in [0.1, 0.15) is 96.8 Å². The number of rotatable bonds is 16. The van der Waals surface area contributed by atoms with E-state index in [9.17, 15) is 4.79 Å². The van der Waals surface area contributed by atoms with E-state index in [-0.39, 0.29) is 0 Å². The van der Waals surface area contributed by atoms with Crippen LogP contribution in [0.4, 0.5) is 0 Å². The molecule has 0 aromatic heterocycles. The molecule has 0 aliphatic carbocycles. The molecule has 0 aromatic rings. The maximum absolute atomic E-state index is 11.5. The van der Waals surface area contributed by atoms with Gasteiger partial charge >= 0.3 is 0 Å². The minimum atomic E-state index is 0.451. The third kappa shape index (κ3) is 14.9. The number of hydrogen-bond donors (Lipinski definition) is 0. The smallest absolute Gasteiger partial charge is 0.197 e. The van der Waals surface area contributed by atoms with Crippen molar-refractivity contribution in [1.82, 2.24) is 0 Å². The quantitative estimate of drug-likeness (QED) is 0.216. The lowest BCUT2D eigenvalue weighted by molar-refractivity contribution is -0.119. The Morgan fingerprint density at radius 1 is 0.840 bits per heavy atom. The zero-order valence-electron chi connectivity index (χ0n) is 16.0. The number of ether oxygens (including phenoxy) is 1. The topological polar surface area (TPSA) is 43.4 Å². The molecule has 1 saturated heterocycles. The van der Waals surface area contributed by atoms with Crippen LogP contribution in [0.25, 0.3) is 0 Å². The summed E-state index contributed by atoms with van der Waals surface area (Å²) in [5.74, 6) is 0.451. The lowest BCUT2D eigenvalue weighted by Crippen LogP contribution is -2.39. The fraction of sp³-hybridized carbons (Fsp3) is 0.950. The summed E-state index contributed by atoms with van der Waals surface area (Å²) in [6, 6.07) is 0. The fourth-order valence-corrected chi connectivity index (χ4v) is 3.55. The van der Waals surface area contributed by atoms with E-state index in [4.69, 9.17) is 8.95 Å². The molecule has 1 rings (SSSR count). The van der Waals surface area contributed by atoms with Crippen molar-refractivity contribution in [2.45, 2.75) is 96.8 Å². The number of halogens is 1. The molecule has 0 spiro atoms. The van der Waals surface area contributed by atoms with Gasteiger partial charge in [0.25, 0.3) is 0 Å². The monoisotopic (exact) mass is 436 g/mol. The Morgan fingerprint density at radius 3 is 1.72 bits per heavy atom. The van der Waals surface area contributed by atoms with E-state index in [2.05, 4.69) is 35.4 Å². The summed E-state index contributed by atoms with van der Waals surface area (Å²) < 4.78 is 13.1. The second-order valence-electron chi connectivity index (χ2n) is 7.67. The number of unbranched alkanes of at least 4 members (excludes halogenated alkanes) is 9. The third-order valence-electron chi connectivity index (χ3n) is 4.98. The Labute approximate surface area is 168 Å². The Bertz CT molecular complexity index is 322. The number of ketones is 1. The minimum Gasteiger partial charge on any atom is -0.380 e. The summed E-state index contributed by atoms with van der Waals surface area (Å²) >= 11 is 6.21. The number of carbonyl (C=O) groups is 1. The van der Waals surface area contributed by atoms with Crippen LogP contribution in [0.5, 0.6) is 0 Å². The van der Waals surface area contributed by atoms with Crippen LogP contribution in [0.15, 0.2) is 0 Å². The molecule has 0 unspecified atom stereocenters. The predicted molar refractivity (Wildman–Crippen MR) is 111 cm³/mol. The molecule has 1 aliphatic heterocycles. The van der Waals surface area contributed by atoms with E-state index in [1.165, 1.54) is 64.2 Å². The van der Waals surface area contributed by atoms with Crippen LogP contribution in [0, 0.1) is 5.41 Å². The van der Waals surface area contributed by atoms with Gasteiger partial charge in [-0.25, -0.2) is 0 Å². The van der Waals surface area contributed by atoms with Crippen LogP contribution >= 0.6 is 15.9 Å². The van der Waals surface area contributed by atoms with Crippen molar-refractivity contribution in [3.05, 3.63) is 0 Å². The summed E-state index contributed by atoms with van der Waals surface area (Å²) in [6.45, 7) is 4.32. The van der Waals surface area contributed by atoms with Gasteiger partial charge < -0.3 is 4.74 Å². The highest BCUT2D eigenvalue weighted by Crippen LogP contribution is 2.32.